The molecule has 1 aromatic rings. The molecule has 0 aliphatic carbocycles. The van der Waals surface area contributed by atoms with Crippen molar-refractivity contribution < 1.29 is 18.0 Å². The minimum atomic E-state index is -4.56. The predicted octanol–water partition coefficient (Wildman–Crippen LogP) is 3.30. The molecule has 0 bridgehead atoms. The van der Waals surface area contributed by atoms with E-state index < -0.39 is 17.6 Å². The van der Waals surface area contributed by atoms with Gasteiger partial charge >= 0.3 is 6.18 Å². The van der Waals surface area contributed by atoms with Crippen molar-refractivity contribution in [1.82, 2.24) is 5.32 Å². The molecule has 1 aromatic carbocycles. The number of rotatable bonds is 2. The molecule has 3 nitrogen and oxygen atoms in total. The van der Waals surface area contributed by atoms with Gasteiger partial charge in [0, 0.05) is 6.54 Å². The summed E-state index contributed by atoms with van der Waals surface area (Å²) in [5.74, 6) is -0.767. The van der Waals surface area contributed by atoms with Gasteiger partial charge in [0.2, 0.25) is 5.91 Å². The van der Waals surface area contributed by atoms with E-state index in [1.165, 1.54) is 12.1 Å². The van der Waals surface area contributed by atoms with E-state index in [4.69, 9.17) is 11.6 Å². The number of alkyl halides is 3. The Bertz CT molecular complexity index is 499. The Morgan fingerprint density at radius 2 is 2.15 bits per heavy atom. The first kappa shape index (κ1) is 15.1. The highest BCUT2D eigenvalue weighted by molar-refractivity contribution is 6.34. The van der Waals surface area contributed by atoms with Gasteiger partial charge < -0.3 is 10.6 Å². The van der Waals surface area contributed by atoms with Gasteiger partial charge in [0.15, 0.2) is 0 Å². The second-order valence-corrected chi connectivity index (χ2v) is 5.10. The summed E-state index contributed by atoms with van der Waals surface area (Å²) >= 11 is 5.79. The van der Waals surface area contributed by atoms with Crippen LogP contribution in [0.2, 0.25) is 5.02 Å². The maximum atomic E-state index is 12.9. The third-order valence-corrected chi connectivity index (χ3v) is 3.55. The molecule has 2 N–H and O–H groups in total. The topological polar surface area (TPSA) is 41.1 Å². The molecule has 20 heavy (non-hydrogen) atoms. The fourth-order valence-electron chi connectivity index (χ4n) is 2.19. The third kappa shape index (κ3) is 3.43. The molecule has 7 heteroatoms. The second-order valence-electron chi connectivity index (χ2n) is 4.69. The van der Waals surface area contributed by atoms with E-state index in [9.17, 15) is 18.0 Å². The molecule has 1 unspecified atom stereocenters. The second kappa shape index (κ2) is 6.01. The van der Waals surface area contributed by atoms with Gasteiger partial charge in [0.1, 0.15) is 0 Å². The Morgan fingerprint density at radius 3 is 2.75 bits per heavy atom. The van der Waals surface area contributed by atoms with Gasteiger partial charge in [-0.1, -0.05) is 17.7 Å². The van der Waals surface area contributed by atoms with Crippen molar-refractivity contribution in [2.45, 2.75) is 19.0 Å². The van der Waals surface area contributed by atoms with E-state index in [0.717, 1.165) is 19.0 Å². The number of halogens is 4. The number of anilines is 1. The molecule has 110 valence electrons. The van der Waals surface area contributed by atoms with Crippen LogP contribution in [-0.4, -0.2) is 19.0 Å². The molecule has 0 saturated carbocycles. The van der Waals surface area contributed by atoms with Crippen LogP contribution in [0.15, 0.2) is 18.2 Å². The summed E-state index contributed by atoms with van der Waals surface area (Å²) in [5.41, 5.74) is -1.29. The van der Waals surface area contributed by atoms with Gasteiger partial charge in [0.05, 0.1) is 22.2 Å². The molecule has 1 amide bonds. The molecule has 1 heterocycles. The maximum Gasteiger partial charge on any atom is 0.418 e. The van der Waals surface area contributed by atoms with Crippen molar-refractivity contribution >= 4 is 23.2 Å². The van der Waals surface area contributed by atoms with Crippen LogP contribution in [0.1, 0.15) is 18.4 Å². The van der Waals surface area contributed by atoms with E-state index in [0.29, 0.717) is 13.0 Å². The lowest BCUT2D eigenvalue weighted by atomic mass is 9.98. The molecule has 0 radical (unpaired) electrons. The molecule has 0 aromatic heterocycles. The number of para-hydroxylation sites is 1. The molecule has 1 aliphatic rings. The maximum absolute atomic E-state index is 12.9. The summed E-state index contributed by atoms with van der Waals surface area (Å²) in [5, 5.41) is 5.26. The number of hydrogen-bond acceptors (Lipinski definition) is 2. The summed E-state index contributed by atoms with van der Waals surface area (Å²) in [6.07, 6.45) is -3.07. The average molecular weight is 307 g/mol. The molecule has 1 aliphatic heterocycles. The molecule has 0 spiro atoms. The fourth-order valence-corrected chi connectivity index (χ4v) is 2.41. The molecule has 1 saturated heterocycles. The summed E-state index contributed by atoms with van der Waals surface area (Å²) in [7, 11) is 0. The van der Waals surface area contributed by atoms with Crippen molar-refractivity contribution in [3.05, 3.63) is 28.8 Å². The number of hydrogen-bond donors (Lipinski definition) is 2. The average Bonchev–Trinajstić information content (AvgIpc) is 2.40. The summed E-state index contributed by atoms with van der Waals surface area (Å²) in [4.78, 5) is 12.0. The number of carbonyl (C=O) groups is 1. The Labute approximate surface area is 119 Å². The zero-order valence-electron chi connectivity index (χ0n) is 10.6. The monoisotopic (exact) mass is 306 g/mol. The molecule has 1 fully saturated rings. The van der Waals surface area contributed by atoms with E-state index in [-0.39, 0.29) is 16.6 Å². The minimum absolute atomic E-state index is 0.114. The van der Waals surface area contributed by atoms with Crippen LogP contribution in [0.25, 0.3) is 0 Å². The van der Waals surface area contributed by atoms with Crippen molar-refractivity contribution in [2.24, 2.45) is 5.92 Å². The van der Waals surface area contributed by atoms with Crippen LogP contribution in [0.3, 0.4) is 0 Å². The SMILES string of the molecule is O=C(Nc1c(Cl)cccc1C(F)(F)F)C1CCCNC1. The van der Waals surface area contributed by atoms with E-state index in [1.54, 1.807) is 0 Å². The van der Waals surface area contributed by atoms with Crippen molar-refractivity contribution in [2.75, 3.05) is 18.4 Å². The largest absolute Gasteiger partial charge is 0.418 e. The summed E-state index contributed by atoms with van der Waals surface area (Å²) in [6, 6.07) is 3.44. The predicted molar refractivity (Wildman–Crippen MR) is 70.7 cm³/mol. The molecular formula is C13H14ClF3N2O. The quantitative estimate of drug-likeness (QED) is 0.880. The normalized spacial score (nSPS) is 19.7. The van der Waals surface area contributed by atoms with Crippen LogP contribution in [0.4, 0.5) is 18.9 Å². The zero-order valence-corrected chi connectivity index (χ0v) is 11.3. The highest BCUT2D eigenvalue weighted by Crippen LogP contribution is 2.38. The highest BCUT2D eigenvalue weighted by atomic mass is 35.5. The van der Waals surface area contributed by atoms with Crippen LogP contribution < -0.4 is 10.6 Å². The molecular weight excluding hydrogens is 293 g/mol. The van der Waals surface area contributed by atoms with E-state index in [1.807, 2.05) is 0 Å². The van der Waals surface area contributed by atoms with Crippen LogP contribution in [0.5, 0.6) is 0 Å². The third-order valence-electron chi connectivity index (χ3n) is 3.23. The number of benzene rings is 1. The fraction of sp³-hybridized carbons (Fsp3) is 0.462. The van der Waals surface area contributed by atoms with Crippen LogP contribution in [0, 0.1) is 5.92 Å². The van der Waals surface area contributed by atoms with Gasteiger partial charge in [-0.05, 0) is 31.5 Å². The first-order chi connectivity index (χ1) is 9.39. The van der Waals surface area contributed by atoms with Gasteiger partial charge in [-0.2, -0.15) is 13.2 Å². The van der Waals surface area contributed by atoms with Crippen molar-refractivity contribution in [1.29, 1.82) is 0 Å². The number of carbonyl (C=O) groups excluding carboxylic acids is 1. The van der Waals surface area contributed by atoms with Crippen molar-refractivity contribution in [3.8, 4) is 0 Å². The first-order valence-electron chi connectivity index (χ1n) is 6.27. The number of nitrogens with one attached hydrogen (secondary N) is 2. The lowest BCUT2D eigenvalue weighted by molar-refractivity contribution is -0.137. The lowest BCUT2D eigenvalue weighted by Gasteiger charge is -2.23. The Hall–Kier alpha value is -1.27. The lowest BCUT2D eigenvalue weighted by Crippen LogP contribution is -2.37. The van der Waals surface area contributed by atoms with Gasteiger partial charge in [-0.3, -0.25) is 4.79 Å². The van der Waals surface area contributed by atoms with E-state index >= 15 is 0 Å². The van der Waals surface area contributed by atoms with Crippen LogP contribution >= 0.6 is 11.6 Å². The smallest absolute Gasteiger partial charge is 0.324 e. The Balaban J connectivity index is 2.22. The van der Waals surface area contributed by atoms with Gasteiger partial charge in [-0.15, -0.1) is 0 Å². The minimum Gasteiger partial charge on any atom is -0.324 e. The Morgan fingerprint density at radius 1 is 1.40 bits per heavy atom. The molecule has 2 rings (SSSR count). The Kier molecular flexibility index (Phi) is 4.55. The first-order valence-corrected chi connectivity index (χ1v) is 6.64. The highest BCUT2D eigenvalue weighted by Gasteiger charge is 2.35. The standard InChI is InChI=1S/C13H14ClF3N2O/c14-10-5-1-4-9(13(15,16)17)11(10)19-12(20)8-3-2-6-18-7-8/h1,4-5,8,18H,2-3,6-7H2,(H,19,20). The van der Waals surface area contributed by atoms with Gasteiger partial charge in [0.25, 0.3) is 0 Å². The number of amides is 1. The van der Waals surface area contributed by atoms with Crippen molar-refractivity contribution in [3.63, 3.8) is 0 Å². The van der Waals surface area contributed by atoms with E-state index in [2.05, 4.69) is 10.6 Å². The van der Waals surface area contributed by atoms with Crippen LogP contribution in [-0.2, 0) is 11.0 Å². The number of piperidine rings is 1. The summed E-state index contributed by atoms with van der Waals surface area (Å²) < 4.78 is 38.7. The molecule has 1 atom stereocenters. The summed E-state index contributed by atoms with van der Waals surface area (Å²) in [6.45, 7) is 1.29. The zero-order chi connectivity index (χ0) is 14.8. The van der Waals surface area contributed by atoms with Gasteiger partial charge in [-0.25, -0.2) is 0 Å².